The number of hydrogen-bond donors (Lipinski definition) is 0. The minimum Gasteiger partial charge on any atom is -0.459 e. The number of esters is 1. The predicted octanol–water partition coefficient (Wildman–Crippen LogP) is 7.67. The third-order valence-corrected chi connectivity index (χ3v) is 7.92. The molecule has 0 aromatic rings. The zero-order valence-electron chi connectivity index (χ0n) is 20.8. The maximum absolute atomic E-state index is 13.3. The number of fused-ring (bicyclic) bond motifs is 2. The fourth-order valence-corrected chi connectivity index (χ4v) is 6.73. The zero-order chi connectivity index (χ0) is 22.2. The molecule has 6 atom stereocenters. The van der Waals surface area contributed by atoms with E-state index in [1.807, 2.05) is 6.08 Å². The Morgan fingerprint density at radius 3 is 2.10 bits per heavy atom. The average Bonchev–Trinajstić information content (AvgIpc) is 3.15. The first kappa shape index (κ1) is 24.5. The molecule has 2 rings (SSSR count). The lowest BCUT2D eigenvalue weighted by molar-refractivity contribution is -0.167. The van der Waals surface area contributed by atoms with Crippen molar-refractivity contribution in [1.82, 2.24) is 0 Å². The SMILES string of the molecule is C=CCC(CC)CCC(C)(C)OC(=O)C1CC2CC1C(C(C)(C)C)C2C(C)(C)C. The van der Waals surface area contributed by atoms with Crippen molar-refractivity contribution in [3.63, 3.8) is 0 Å². The van der Waals surface area contributed by atoms with Crippen molar-refractivity contribution in [3.8, 4) is 0 Å². The van der Waals surface area contributed by atoms with E-state index in [2.05, 4.69) is 68.9 Å². The highest BCUT2D eigenvalue weighted by Gasteiger charge is 2.60. The highest BCUT2D eigenvalue weighted by atomic mass is 16.6. The Balaban J connectivity index is 2.06. The Bertz CT molecular complexity index is 574. The summed E-state index contributed by atoms with van der Waals surface area (Å²) in [6.07, 6.45) is 8.48. The molecule has 0 spiro atoms. The summed E-state index contributed by atoms with van der Waals surface area (Å²) in [6, 6.07) is 0. The quantitative estimate of drug-likeness (QED) is 0.306. The van der Waals surface area contributed by atoms with E-state index < -0.39 is 0 Å². The van der Waals surface area contributed by atoms with Crippen LogP contribution in [0, 0.1) is 46.3 Å². The van der Waals surface area contributed by atoms with Crippen molar-refractivity contribution in [2.75, 3.05) is 0 Å². The summed E-state index contributed by atoms with van der Waals surface area (Å²) in [7, 11) is 0. The van der Waals surface area contributed by atoms with Gasteiger partial charge in [-0.2, -0.15) is 0 Å². The third kappa shape index (κ3) is 5.67. The molecule has 0 amide bonds. The van der Waals surface area contributed by atoms with Crippen LogP contribution in [-0.4, -0.2) is 11.6 Å². The molecule has 2 aliphatic rings. The van der Waals surface area contributed by atoms with Gasteiger partial charge in [0.2, 0.25) is 0 Å². The molecule has 2 heteroatoms. The van der Waals surface area contributed by atoms with Crippen molar-refractivity contribution in [1.29, 1.82) is 0 Å². The molecule has 0 radical (unpaired) electrons. The molecule has 2 bridgehead atoms. The van der Waals surface area contributed by atoms with E-state index in [1.165, 1.54) is 6.42 Å². The number of rotatable bonds is 8. The number of hydrogen-bond acceptors (Lipinski definition) is 2. The Morgan fingerprint density at radius 1 is 1.03 bits per heavy atom. The predicted molar refractivity (Wildman–Crippen MR) is 124 cm³/mol. The van der Waals surface area contributed by atoms with E-state index in [4.69, 9.17) is 4.74 Å². The number of ether oxygens (including phenoxy) is 1. The van der Waals surface area contributed by atoms with Crippen LogP contribution in [-0.2, 0) is 9.53 Å². The fraction of sp³-hybridized carbons (Fsp3) is 0.889. The van der Waals surface area contributed by atoms with E-state index in [1.54, 1.807) is 0 Å². The Kier molecular flexibility index (Phi) is 7.39. The van der Waals surface area contributed by atoms with Gasteiger partial charge in [-0.05, 0) is 86.4 Å². The van der Waals surface area contributed by atoms with Crippen LogP contribution in [0.15, 0.2) is 12.7 Å². The van der Waals surface area contributed by atoms with Gasteiger partial charge in [0.05, 0.1) is 5.92 Å². The van der Waals surface area contributed by atoms with Crippen molar-refractivity contribution >= 4 is 5.97 Å². The smallest absolute Gasteiger partial charge is 0.309 e. The van der Waals surface area contributed by atoms with Crippen molar-refractivity contribution in [2.24, 2.45) is 46.3 Å². The van der Waals surface area contributed by atoms with Gasteiger partial charge < -0.3 is 4.74 Å². The number of carbonyl (C=O) groups is 1. The lowest BCUT2D eigenvalue weighted by atomic mass is 9.57. The maximum Gasteiger partial charge on any atom is 0.309 e. The molecule has 2 aliphatic carbocycles. The van der Waals surface area contributed by atoms with Crippen molar-refractivity contribution in [3.05, 3.63) is 12.7 Å². The molecular formula is C27H48O2. The molecule has 0 aromatic carbocycles. The van der Waals surface area contributed by atoms with Crippen LogP contribution in [0.3, 0.4) is 0 Å². The average molecular weight is 405 g/mol. The second kappa shape index (κ2) is 8.75. The standard InChI is InChI=1S/C27H48O2/c1-11-13-18(12-2)14-15-27(9,10)29-24(28)21-17-19-16-20(21)23(26(6,7)8)22(19)25(3,4)5/h11,18-23H,1,12-17H2,2-10H3. The number of allylic oxidation sites excluding steroid dienone is 1. The first-order valence-electron chi connectivity index (χ1n) is 12.0. The van der Waals surface area contributed by atoms with Gasteiger partial charge in [-0.1, -0.05) is 61.0 Å². The van der Waals surface area contributed by atoms with E-state index in [-0.39, 0.29) is 22.9 Å². The highest BCUT2D eigenvalue weighted by molar-refractivity contribution is 5.74. The molecule has 2 nitrogen and oxygen atoms in total. The van der Waals surface area contributed by atoms with Crippen LogP contribution in [0.4, 0.5) is 0 Å². The summed E-state index contributed by atoms with van der Waals surface area (Å²) < 4.78 is 6.16. The van der Waals surface area contributed by atoms with E-state index in [0.717, 1.165) is 32.1 Å². The van der Waals surface area contributed by atoms with Crippen LogP contribution in [0.1, 0.15) is 101 Å². The molecule has 2 saturated carbocycles. The molecule has 0 aromatic heterocycles. The van der Waals surface area contributed by atoms with Crippen molar-refractivity contribution in [2.45, 2.75) is 106 Å². The highest BCUT2D eigenvalue weighted by Crippen LogP contribution is 2.64. The molecule has 0 N–H and O–H groups in total. The molecule has 0 aliphatic heterocycles. The molecular weight excluding hydrogens is 356 g/mol. The van der Waals surface area contributed by atoms with Crippen LogP contribution < -0.4 is 0 Å². The summed E-state index contributed by atoms with van der Waals surface area (Å²) in [5, 5.41) is 0. The van der Waals surface area contributed by atoms with Gasteiger partial charge in [0, 0.05) is 0 Å². The van der Waals surface area contributed by atoms with Gasteiger partial charge in [0.1, 0.15) is 5.60 Å². The van der Waals surface area contributed by atoms with Gasteiger partial charge in [-0.3, -0.25) is 4.79 Å². The summed E-state index contributed by atoms with van der Waals surface area (Å²) in [6.45, 7) is 24.6. The normalized spacial score (nSPS) is 31.0. The summed E-state index contributed by atoms with van der Waals surface area (Å²) >= 11 is 0. The third-order valence-electron chi connectivity index (χ3n) is 7.92. The van der Waals surface area contributed by atoms with Gasteiger partial charge in [-0.15, -0.1) is 6.58 Å². The second-order valence-corrected chi connectivity index (χ2v) is 12.8. The monoisotopic (exact) mass is 404 g/mol. The summed E-state index contributed by atoms with van der Waals surface area (Å²) in [5.41, 5.74) is 0.144. The van der Waals surface area contributed by atoms with Crippen LogP contribution in [0.2, 0.25) is 0 Å². The van der Waals surface area contributed by atoms with Gasteiger partial charge in [-0.25, -0.2) is 0 Å². The Morgan fingerprint density at radius 2 is 1.62 bits per heavy atom. The van der Waals surface area contributed by atoms with Crippen LogP contribution in [0.5, 0.6) is 0 Å². The van der Waals surface area contributed by atoms with Crippen molar-refractivity contribution < 1.29 is 9.53 Å². The molecule has 6 unspecified atom stereocenters. The molecule has 0 saturated heterocycles. The summed E-state index contributed by atoms with van der Waals surface area (Å²) in [4.78, 5) is 13.3. The minimum absolute atomic E-state index is 0.0703. The lowest BCUT2D eigenvalue weighted by Gasteiger charge is -2.48. The molecule has 168 valence electrons. The lowest BCUT2D eigenvalue weighted by Crippen LogP contribution is -2.45. The van der Waals surface area contributed by atoms with Crippen LogP contribution in [0.25, 0.3) is 0 Å². The summed E-state index contributed by atoms with van der Waals surface area (Å²) in [5.74, 6) is 3.26. The molecule has 29 heavy (non-hydrogen) atoms. The van der Waals surface area contributed by atoms with Gasteiger partial charge >= 0.3 is 5.97 Å². The molecule has 0 heterocycles. The van der Waals surface area contributed by atoms with E-state index in [9.17, 15) is 4.79 Å². The van der Waals surface area contributed by atoms with Gasteiger partial charge in [0.25, 0.3) is 0 Å². The van der Waals surface area contributed by atoms with E-state index in [0.29, 0.717) is 35.0 Å². The first-order chi connectivity index (χ1) is 13.2. The largest absolute Gasteiger partial charge is 0.459 e. The topological polar surface area (TPSA) is 26.3 Å². The maximum atomic E-state index is 13.3. The fourth-order valence-electron chi connectivity index (χ4n) is 6.73. The Labute approximate surface area is 181 Å². The van der Waals surface area contributed by atoms with Gasteiger partial charge in [0.15, 0.2) is 0 Å². The van der Waals surface area contributed by atoms with E-state index >= 15 is 0 Å². The minimum atomic E-state index is -0.381. The Hall–Kier alpha value is -0.790. The zero-order valence-corrected chi connectivity index (χ0v) is 20.8. The molecule has 2 fully saturated rings. The number of carbonyl (C=O) groups excluding carboxylic acids is 1. The van der Waals surface area contributed by atoms with Crippen LogP contribution >= 0.6 is 0 Å². The second-order valence-electron chi connectivity index (χ2n) is 12.8. The first-order valence-corrected chi connectivity index (χ1v) is 12.0.